The van der Waals surface area contributed by atoms with Crippen LogP contribution in [0.1, 0.15) is 94.4 Å². The predicted molar refractivity (Wildman–Crippen MR) is 175 cm³/mol. The van der Waals surface area contributed by atoms with Crippen molar-refractivity contribution in [3.63, 3.8) is 0 Å². The molecule has 0 fully saturated rings. The van der Waals surface area contributed by atoms with Gasteiger partial charge in [0.25, 0.3) is 0 Å². The molecule has 1 rings (SSSR count). The quantitative estimate of drug-likeness (QED) is 0.0675. The third kappa shape index (κ3) is 18.1. The van der Waals surface area contributed by atoms with Gasteiger partial charge in [0.15, 0.2) is 5.11 Å². The second-order valence-corrected chi connectivity index (χ2v) is 13.8. The first kappa shape index (κ1) is 38.4. The number of nitrogen functional groups attached to an aromatic ring is 1. The summed E-state index contributed by atoms with van der Waals surface area (Å²) in [6.45, 7) is 16.0. The summed E-state index contributed by atoms with van der Waals surface area (Å²) in [6, 6.07) is 4.25. The van der Waals surface area contributed by atoms with Gasteiger partial charge < -0.3 is 41.2 Å². The van der Waals surface area contributed by atoms with Crippen LogP contribution in [-0.2, 0) is 28.6 Å². The van der Waals surface area contributed by atoms with Gasteiger partial charge in [-0.3, -0.25) is 4.79 Å². The van der Waals surface area contributed by atoms with Gasteiger partial charge in [0.1, 0.15) is 28.9 Å². The highest BCUT2D eigenvalue weighted by molar-refractivity contribution is 7.80. The number of unbranched alkanes of at least 4 members (excludes halogenated alkanes) is 1. The van der Waals surface area contributed by atoms with Crippen LogP contribution in [0.3, 0.4) is 0 Å². The number of benzene rings is 1. The monoisotopic (exact) mass is 637 g/mol. The molecule has 0 saturated heterocycles. The van der Waals surface area contributed by atoms with Gasteiger partial charge in [-0.25, -0.2) is 14.4 Å². The van der Waals surface area contributed by atoms with Crippen LogP contribution in [0.4, 0.5) is 16.2 Å². The smallest absolute Gasteiger partial charge is 0.329 e. The standard InChI is InChI=1S/C31H51N5O7S/c1-29(2,3)41-24(37)18-17-23(26(39)43-31(7,8)9)36-27(40)35-22(25(38)42-30(4,5)6)12-10-11-19-33-28(44)34-21-15-13-20(32)14-16-21/h13-16,22-23H,10-12,17-19,32H2,1-9H3,(H2,33,34,44)(H2,35,36,40)/t22-,23-/m0/s1. The van der Waals surface area contributed by atoms with Crippen molar-refractivity contribution in [1.29, 1.82) is 0 Å². The van der Waals surface area contributed by atoms with Crippen LogP contribution in [0.2, 0.25) is 0 Å². The summed E-state index contributed by atoms with van der Waals surface area (Å²) in [4.78, 5) is 51.2. The second-order valence-electron chi connectivity index (χ2n) is 13.4. The highest BCUT2D eigenvalue weighted by Gasteiger charge is 2.31. The van der Waals surface area contributed by atoms with E-state index in [-0.39, 0.29) is 19.3 Å². The average Bonchev–Trinajstić information content (AvgIpc) is 2.83. The SMILES string of the molecule is CC(C)(C)OC(=O)CC[C@H](NC(=O)N[C@@H](CCCCNC(=S)Nc1ccc(N)cc1)C(=O)OC(C)(C)C)C(=O)OC(C)(C)C. The van der Waals surface area contributed by atoms with E-state index in [1.165, 1.54) is 0 Å². The lowest BCUT2D eigenvalue weighted by molar-refractivity contribution is -0.159. The van der Waals surface area contributed by atoms with Gasteiger partial charge in [-0.1, -0.05) is 0 Å². The van der Waals surface area contributed by atoms with E-state index in [1.54, 1.807) is 74.4 Å². The number of esters is 3. The highest BCUT2D eigenvalue weighted by atomic mass is 32.1. The summed E-state index contributed by atoms with van der Waals surface area (Å²) in [5.74, 6) is -1.83. The van der Waals surface area contributed by atoms with Gasteiger partial charge in [0.05, 0.1) is 0 Å². The van der Waals surface area contributed by atoms with Crippen LogP contribution in [0.25, 0.3) is 0 Å². The van der Waals surface area contributed by atoms with Crippen LogP contribution in [0, 0.1) is 0 Å². The van der Waals surface area contributed by atoms with Crippen LogP contribution in [-0.4, -0.2) is 64.5 Å². The van der Waals surface area contributed by atoms with Gasteiger partial charge in [-0.15, -0.1) is 0 Å². The Bertz CT molecular complexity index is 1120. The maximum Gasteiger partial charge on any atom is 0.329 e. The van der Waals surface area contributed by atoms with Gasteiger partial charge >= 0.3 is 23.9 Å². The first-order chi connectivity index (χ1) is 20.1. The minimum absolute atomic E-state index is 0.0513. The Kier molecular flexibility index (Phi) is 14.9. The van der Waals surface area contributed by atoms with E-state index in [0.717, 1.165) is 5.69 Å². The Hall–Kier alpha value is -3.61. The molecule has 0 aliphatic carbocycles. The summed E-state index contributed by atoms with van der Waals surface area (Å²) < 4.78 is 16.3. The van der Waals surface area contributed by atoms with Gasteiger partial charge in [0.2, 0.25) is 0 Å². The number of nitrogens with one attached hydrogen (secondary N) is 4. The van der Waals surface area contributed by atoms with E-state index in [2.05, 4.69) is 21.3 Å². The number of amides is 2. The zero-order valence-corrected chi connectivity index (χ0v) is 28.4. The number of nitrogens with two attached hydrogens (primary N) is 1. The van der Waals surface area contributed by atoms with Crippen molar-refractivity contribution in [3.8, 4) is 0 Å². The lowest BCUT2D eigenvalue weighted by atomic mass is 10.1. The first-order valence-corrected chi connectivity index (χ1v) is 15.2. The Morgan fingerprint density at radius 3 is 1.70 bits per heavy atom. The van der Waals surface area contributed by atoms with E-state index in [4.69, 9.17) is 32.2 Å². The molecular weight excluding hydrogens is 586 g/mol. The van der Waals surface area contributed by atoms with Gasteiger partial charge in [-0.2, -0.15) is 0 Å². The van der Waals surface area contributed by atoms with Crippen molar-refractivity contribution < 1.29 is 33.4 Å². The van der Waals surface area contributed by atoms with Crippen LogP contribution < -0.4 is 27.0 Å². The van der Waals surface area contributed by atoms with Crippen molar-refractivity contribution in [2.24, 2.45) is 0 Å². The molecule has 0 aliphatic rings. The predicted octanol–water partition coefficient (Wildman–Crippen LogP) is 4.57. The van der Waals surface area contributed by atoms with E-state index in [0.29, 0.717) is 30.2 Å². The lowest BCUT2D eigenvalue weighted by Gasteiger charge is -2.27. The number of hydrogen-bond acceptors (Lipinski definition) is 9. The van der Waals surface area contributed by atoms with Gasteiger partial charge in [-0.05, 0) is 124 Å². The third-order valence-corrected chi connectivity index (χ3v) is 5.67. The number of carbonyl (C=O) groups is 4. The van der Waals surface area contributed by atoms with E-state index < -0.39 is 52.8 Å². The first-order valence-electron chi connectivity index (χ1n) is 14.8. The largest absolute Gasteiger partial charge is 0.460 e. The number of urea groups is 1. The fraction of sp³-hybridized carbons (Fsp3) is 0.645. The summed E-state index contributed by atoms with van der Waals surface area (Å²) in [5.41, 5.74) is 4.86. The molecule has 0 bridgehead atoms. The molecule has 0 spiro atoms. The van der Waals surface area contributed by atoms with Crippen molar-refractivity contribution in [2.75, 3.05) is 17.6 Å². The zero-order valence-electron chi connectivity index (χ0n) is 27.6. The molecule has 12 nitrogen and oxygen atoms in total. The number of hydrogen-bond donors (Lipinski definition) is 5. The maximum absolute atomic E-state index is 13.1. The zero-order chi connectivity index (χ0) is 33.7. The molecule has 0 aliphatic heterocycles. The van der Waals surface area contributed by atoms with Crippen LogP contribution in [0.5, 0.6) is 0 Å². The van der Waals surface area contributed by atoms with E-state index >= 15 is 0 Å². The topological polar surface area (TPSA) is 170 Å². The molecule has 0 unspecified atom stereocenters. The number of thiocarbonyl (C=S) groups is 1. The Labute approximate surface area is 266 Å². The number of ether oxygens (including phenoxy) is 3. The van der Waals surface area contributed by atoms with E-state index in [9.17, 15) is 19.2 Å². The van der Waals surface area contributed by atoms with Crippen molar-refractivity contribution in [1.82, 2.24) is 16.0 Å². The molecule has 0 aromatic heterocycles. The molecule has 0 radical (unpaired) electrons. The number of rotatable bonds is 13. The minimum atomic E-state index is -1.15. The molecule has 6 N–H and O–H groups in total. The number of carbonyl (C=O) groups excluding carboxylic acids is 4. The normalized spacial score (nSPS) is 13.1. The molecular formula is C31H51N5O7S. The number of anilines is 2. The molecule has 248 valence electrons. The van der Waals surface area contributed by atoms with Gasteiger partial charge in [0, 0.05) is 24.3 Å². The van der Waals surface area contributed by atoms with Crippen molar-refractivity contribution in [2.45, 2.75) is 123 Å². The molecule has 2 atom stereocenters. The van der Waals surface area contributed by atoms with E-state index in [1.807, 2.05) is 12.1 Å². The van der Waals surface area contributed by atoms with Crippen LogP contribution in [0.15, 0.2) is 24.3 Å². The van der Waals surface area contributed by atoms with Crippen LogP contribution >= 0.6 is 12.2 Å². The Morgan fingerprint density at radius 1 is 0.750 bits per heavy atom. The minimum Gasteiger partial charge on any atom is -0.460 e. The molecule has 0 heterocycles. The summed E-state index contributed by atoms with van der Waals surface area (Å²) in [6.07, 6.45) is 1.29. The molecule has 44 heavy (non-hydrogen) atoms. The Morgan fingerprint density at radius 2 is 1.23 bits per heavy atom. The van der Waals surface area contributed by atoms with Crippen molar-refractivity contribution in [3.05, 3.63) is 24.3 Å². The summed E-state index contributed by atoms with van der Waals surface area (Å²) in [7, 11) is 0. The molecule has 0 saturated carbocycles. The van der Waals surface area contributed by atoms with Crippen molar-refractivity contribution >= 4 is 52.6 Å². The Balaban J connectivity index is 2.81. The highest BCUT2D eigenvalue weighted by Crippen LogP contribution is 2.15. The fourth-order valence-electron chi connectivity index (χ4n) is 3.67. The third-order valence-electron chi connectivity index (χ3n) is 5.42. The summed E-state index contributed by atoms with van der Waals surface area (Å²) in [5, 5.41) is 11.8. The molecule has 13 heteroatoms. The second kappa shape index (κ2) is 17.0. The fourth-order valence-corrected chi connectivity index (χ4v) is 3.89. The molecule has 2 amide bonds. The lowest BCUT2D eigenvalue weighted by Crippen LogP contribution is -2.53. The molecule has 1 aromatic rings. The maximum atomic E-state index is 13.1. The average molecular weight is 638 g/mol. The summed E-state index contributed by atoms with van der Waals surface area (Å²) >= 11 is 5.33. The molecule has 1 aromatic carbocycles.